The van der Waals surface area contributed by atoms with E-state index in [0.29, 0.717) is 16.0 Å². The number of nitrogens with one attached hydrogen (secondary N) is 1. The van der Waals surface area contributed by atoms with Crippen LogP contribution in [0.1, 0.15) is 30.4 Å². The fourth-order valence-electron chi connectivity index (χ4n) is 3.14. The molecule has 0 spiro atoms. The van der Waals surface area contributed by atoms with Crippen molar-refractivity contribution in [3.63, 3.8) is 0 Å². The van der Waals surface area contributed by atoms with E-state index in [9.17, 15) is 32.0 Å². The molecule has 1 aromatic carbocycles. The number of rotatable bonds is 3. The van der Waals surface area contributed by atoms with Crippen molar-refractivity contribution in [2.24, 2.45) is 0 Å². The van der Waals surface area contributed by atoms with Crippen molar-refractivity contribution >= 4 is 17.3 Å². The molecule has 148 valence electrons. The molecule has 0 fully saturated rings. The van der Waals surface area contributed by atoms with Crippen LogP contribution in [0.3, 0.4) is 0 Å². The average Bonchev–Trinajstić information content (AvgIpc) is 2.92. The fourth-order valence-corrected chi connectivity index (χ4v) is 3.14. The number of hydroxylamine groups is 1. The van der Waals surface area contributed by atoms with Crippen molar-refractivity contribution in [2.75, 3.05) is 5.32 Å². The predicted molar refractivity (Wildman–Crippen MR) is 89.7 cm³/mol. The molecular weight excluding hydrogens is 385 g/mol. The van der Waals surface area contributed by atoms with Crippen LogP contribution in [0, 0.1) is 17.1 Å². The number of hydrogen-bond donors (Lipinski definition) is 1. The van der Waals surface area contributed by atoms with Gasteiger partial charge in [0.15, 0.2) is 5.71 Å². The van der Waals surface area contributed by atoms with Crippen LogP contribution in [0.2, 0.25) is 0 Å². The molecule has 2 heterocycles. The summed E-state index contributed by atoms with van der Waals surface area (Å²) >= 11 is 0. The highest BCUT2D eigenvalue weighted by Gasteiger charge is 2.44. The first kappa shape index (κ1) is 19.7. The monoisotopic (exact) mass is 399 g/mol. The minimum atomic E-state index is -4.51. The first-order valence-electron chi connectivity index (χ1n) is 8.17. The zero-order valence-corrected chi connectivity index (χ0v) is 14.4. The molecular formula is C18H14F5N3O2. The summed E-state index contributed by atoms with van der Waals surface area (Å²) in [5, 5.41) is 14.5. The number of nitrogens with zero attached hydrogens (tertiary/aromatic N) is 2. The summed E-state index contributed by atoms with van der Waals surface area (Å²) in [6.45, 7) is 1.50. The van der Waals surface area contributed by atoms with Gasteiger partial charge in [0.05, 0.1) is 17.2 Å². The summed E-state index contributed by atoms with van der Waals surface area (Å²) in [6.07, 6.45) is -4.36. The van der Waals surface area contributed by atoms with Crippen LogP contribution in [0.25, 0.3) is 0 Å². The molecule has 1 aromatic heterocycles. The number of anilines is 1. The standard InChI is InChI=1S/C18H14F5N3O2/c1-9-8-12(10-2-4-11(5-3-10)18(21,22)23)15(26(9)28)17(27)24-13-6-7-14(19)25-16(13)20/h2-7,12,15H,8H2,1H3,(H,24,27)/t12-,15+/m1/s1. The SMILES string of the molecule is CC1=[N+]([O-])[C@H](C(=O)Nc2ccc(F)nc2F)[C@@H](c2ccc(C(F)(F)F)cc2)C1. The zero-order valence-electron chi connectivity index (χ0n) is 14.4. The lowest BCUT2D eigenvalue weighted by Crippen LogP contribution is -2.37. The Balaban J connectivity index is 1.87. The number of pyridine rings is 1. The number of carbonyl (C=O) groups excluding carboxylic acids is 1. The van der Waals surface area contributed by atoms with Crippen LogP contribution >= 0.6 is 0 Å². The molecule has 3 rings (SSSR count). The lowest BCUT2D eigenvalue weighted by Gasteiger charge is -2.19. The van der Waals surface area contributed by atoms with Crippen molar-refractivity contribution < 1.29 is 31.5 Å². The summed E-state index contributed by atoms with van der Waals surface area (Å²) in [6, 6.07) is 4.64. The minimum Gasteiger partial charge on any atom is -0.623 e. The van der Waals surface area contributed by atoms with E-state index in [1.54, 1.807) is 0 Å². The predicted octanol–water partition coefficient (Wildman–Crippen LogP) is 3.84. The highest BCUT2D eigenvalue weighted by molar-refractivity contribution is 5.97. The van der Waals surface area contributed by atoms with Crippen LogP contribution < -0.4 is 5.32 Å². The lowest BCUT2D eigenvalue weighted by atomic mass is 9.89. The van der Waals surface area contributed by atoms with Gasteiger partial charge in [-0.25, -0.2) is 4.74 Å². The van der Waals surface area contributed by atoms with Crippen molar-refractivity contribution in [1.29, 1.82) is 0 Å². The van der Waals surface area contributed by atoms with Crippen LogP contribution in [-0.4, -0.2) is 27.4 Å². The topological polar surface area (TPSA) is 68.1 Å². The average molecular weight is 399 g/mol. The van der Waals surface area contributed by atoms with E-state index >= 15 is 0 Å². The maximum Gasteiger partial charge on any atom is 0.416 e. The Bertz CT molecular complexity index is 941. The Morgan fingerprint density at radius 2 is 1.82 bits per heavy atom. The Labute approximate surface area is 156 Å². The van der Waals surface area contributed by atoms with Gasteiger partial charge in [0.25, 0.3) is 5.91 Å². The molecule has 0 radical (unpaired) electrons. The van der Waals surface area contributed by atoms with E-state index < -0.39 is 47.2 Å². The molecule has 5 nitrogen and oxygen atoms in total. The van der Waals surface area contributed by atoms with Crippen LogP contribution in [-0.2, 0) is 11.0 Å². The van der Waals surface area contributed by atoms with Crippen LogP contribution in [0.15, 0.2) is 36.4 Å². The summed E-state index contributed by atoms with van der Waals surface area (Å²) < 4.78 is 65.2. The minimum absolute atomic E-state index is 0.150. The number of halogens is 5. The van der Waals surface area contributed by atoms with Crippen molar-refractivity contribution in [3.8, 4) is 0 Å². The second-order valence-corrected chi connectivity index (χ2v) is 6.40. The summed E-state index contributed by atoms with van der Waals surface area (Å²) in [4.78, 5) is 15.5. The number of benzene rings is 1. The molecule has 0 aliphatic carbocycles. The molecule has 1 aliphatic heterocycles. The molecule has 0 saturated carbocycles. The lowest BCUT2D eigenvalue weighted by molar-refractivity contribution is -0.479. The molecule has 1 aliphatic rings. The third kappa shape index (κ3) is 3.80. The highest BCUT2D eigenvalue weighted by Crippen LogP contribution is 2.35. The van der Waals surface area contributed by atoms with Crippen molar-refractivity contribution in [2.45, 2.75) is 31.5 Å². The smallest absolute Gasteiger partial charge is 0.416 e. The highest BCUT2D eigenvalue weighted by atomic mass is 19.4. The maximum absolute atomic E-state index is 13.7. The van der Waals surface area contributed by atoms with Gasteiger partial charge < -0.3 is 10.5 Å². The molecule has 2 aromatic rings. The molecule has 10 heteroatoms. The first-order chi connectivity index (χ1) is 13.1. The molecule has 0 bridgehead atoms. The van der Waals surface area contributed by atoms with Gasteiger partial charge in [-0.15, -0.1) is 0 Å². The van der Waals surface area contributed by atoms with E-state index in [-0.39, 0.29) is 6.42 Å². The molecule has 1 N–H and O–H groups in total. The van der Waals surface area contributed by atoms with E-state index in [1.165, 1.54) is 19.1 Å². The normalized spacial score (nSPS) is 19.8. The van der Waals surface area contributed by atoms with Gasteiger partial charge in [0.1, 0.15) is 0 Å². The second-order valence-electron chi connectivity index (χ2n) is 6.40. The van der Waals surface area contributed by atoms with E-state index in [4.69, 9.17) is 0 Å². The third-order valence-electron chi connectivity index (χ3n) is 4.53. The van der Waals surface area contributed by atoms with Gasteiger partial charge in [-0.3, -0.25) is 4.79 Å². The largest absolute Gasteiger partial charge is 0.623 e. The number of amides is 1. The molecule has 1 amide bonds. The second kappa shape index (κ2) is 7.17. The van der Waals surface area contributed by atoms with Crippen molar-refractivity contribution in [3.05, 3.63) is 64.6 Å². The van der Waals surface area contributed by atoms with Gasteiger partial charge in [0, 0.05) is 13.3 Å². The van der Waals surface area contributed by atoms with Crippen molar-refractivity contribution in [1.82, 2.24) is 4.98 Å². The third-order valence-corrected chi connectivity index (χ3v) is 4.53. The van der Waals surface area contributed by atoms with Gasteiger partial charge in [0.2, 0.25) is 17.9 Å². The van der Waals surface area contributed by atoms with Crippen LogP contribution in [0.4, 0.5) is 27.6 Å². The van der Waals surface area contributed by atoms with E-state index in [0.717, 1.165) is 24.3 Å². The van der Waals surface area contributed by atoms with Gasteiger partial charge in [-0.2, -0.15) is 26.9 Å². The summed E-state index contributed by atoms with van der Waals surface area (Å²) in [7, 11) is 0. The number of hydrogen-bond acceptors (Lipinski definition) is 3. The summed E-state index contributed by atoms with van der Waals surface area (Å²) in [5.74, 6) is -3.93. The Hall–Kier alpha value is -3.04. The van der Waals surface area contributed by atoms with Gasteiger partial charge >= 0.3 is 6.18 Å². The maximum atomic E-state index is 13.7. The Morgan fingerprint density at radius 1 is 1.18 bits per heavy atom. The van der Waals surface area contributed by atoms with Gasteiger partial charge in [-0.05, 0) is 29.8 Å². The van der Waals surface area contributed by atoms with Crippen LogP contribution in [0.5, 0.6) is 0 Å². The van der Waals surface area contributed by atoms with Gasteiger partial charge in [-0.1, -0.05) is 12.1 Å². The zero-order chi connectivity index (χ0) is 20.6. The molecule has 0 saturated heterocycles. The number of alkyl halides is 3. The number of aromatic nitrogens is 1. The van der Waals surface area contributed by atoms with E-state index in [1.807, 2.05) is 0 Å². The quantitative estimate of drug-likeness (QED) is 0.369. The first-order valence-corrected chi connectivity index (χ1v) is 8.17. The fraction of sp³-hybridized carbons (Fsp3) is 0.278. The summed E-state index contributed by atoms with van der Waals surface area (Å²) in [5.41, 5.74) is -0.587. The Morgan fingerprint density at radius 3 is 2.39 bits per heavy atom. The Kier molecular flexibility index (Phi) is 5.05. The number of carbonyl (C=O) groups is 1. The molecule has 0 unspecified atom stereocenters. The molecule has 28 heavy (non-hydrogen) atoms. The van der Waals surface area contributed by atoms with E-state index in [2.05, 4.69) is 10.3 Å². The molecule has 2 atom stereocenters.